The van der Waals surface area contributed by atoms with Crippen LogP contribution in [-0.4, -0.2) is 13.2 Å². The third-order valence-electron chi connectivity index (χ3n) is 5.61. The van der Waals surface area contributed by atoms with E-state index in [2.05, 4.69) is 52.1 Å². The molecule has 0 saturated heterocycles. The van der Waals surface area contributed by atoms with Gasteiger partial charge < -0.3 is 14.5 Å². The van der Waals surface area contributed by atoms with E-state index in [0.29, 0.717) is 16.9 Å². The van der Waals surface area contributed by atoms with Gasteiger partial charge in [0, 0.05) is 11.4 Å². The van der Waals surface area contributed by atoms with Crippen molar-refractivity contribution in [1.29, 1.82) is 0 Å². The highest BCUT2D eigenvalue weighted by atomic mass is 16.5. The van der Waals surface area contributed by atoms with Gasteiger partial charge in [-0.05, 0) is 29.9 Å². The lowest BCUT2D eigenvalue weighted by Gasteiger charge is -2.13. The van der Waals surface area contributed by atoms with Gasteiger partial charge in [0.1, 0.15) is 5.76 Å². The van der Waals surface area contributed by atoms with Crippen molar-refractivity contribution in [2.75, 3.05) is 7.11 Å². The molecule has 0 bridgehead atoms. The van der Waals surface area contributed by atoms with Crippen molar-refractivity contribution in [3.8, 4) is 5.75 Å². The molecule has 0 amide bonds. The molecule has 3 nitrogen and oxygen atoms in total. The van der Waals surface area contributed by atoms with E-state index >= 15 is 0 Å². The predicted octanol–water partition coefficient (Wildman–Crippen LogP) is 4.53. The summed E-state index contributed by atoms with van der Waals surface area (Å²) in [6.45, 7) is 11.4. The van der Waals surface area contributed by atoms with Crippen LogP contribution in [0.25, 0.3) is 11.0 Å². The zero-order valence-electron chi connectivity index (χ0n) is 13.8. The Kier molecular flexibility index (Phi) is 3.10. The first-order valence-electron chi connectivity index (χ1n) is 7.61. The van der Waals surface area contributed by atoms with Gasteiger partial charge in [0.05, 0.1) is 13.2 Å². The van der Waals surface area contributed by atoms with Crippen LogP contribution in [0.2, 0.25) is 0 Å². The second-order valence-electron chi connectivity index (χ2n) is 7.29. The number of furan rings is 1. The van der Waals surface area contributed by atoms with Gasteiger partial charge in [0.25, 0.3) is 0 Å². The molecular formula is C18H25NO2. The molecule has 1 heterocycles. The number of fused-ring (bicyclic) bond motifs is 1. The normalized spacial score (nSPS) is 21.4. The molecule has 2 aromatic rings. The SMILES string of the molecule is COc1cccc2cc(C(C)NC3C(C)(C)C3(C)C)oc12. The Morgan fingerprint density at radius 2 is 1.86 bits per heavy atom. The van der Waals surface area contributed by atoms with E-state index in [1.807, 2.05) is 12.1 Å². The molecule has 1 aromatic heterocycles. The fourth-order valence-electron chi connectivity index (χ4n) is 3.38. The van der Waals surface area contributed by atoms with Crippen LogP contribution in [0.1, 0.15) is 46.4 Å². The van der Waals surface area contributed by atoms with Crippen LogP contribution in [0, 0.1) is 10.8 Å². The molecule has 1 N–H and O–H groups in total. The number of rotatable bonds is 4. The fraction of sp³-hybridized carbons (Fsp3) is 0.556. The summed E-state index contributed by atoms with van der Waals surface area (Å²) in [5.41, 5.74) is 1.48. The van der Waals surface area contributed by atoms with Crippen LogP contribution in [-0.2, 0) is 0 Å². The lowest BCUT2D eigenvalue weighted by Crippen LogP contribution is -2.25. The first-order valence-corrected chi connectivity index (χ1v) is 7.61. The number of para-hydroxylation sites is 1. The molecule has 21 heavy (non-hydrogen) atoms. The molecule has 1 unspecified atom stereocenters. The van der Waals surface area contributed by atoms with Gasteiger partial charge in [-0.25, -0.2) is 0 Å². The standard InChI is InChI=1S/C18H25NO2/c1-11(19-16-17(2,3)18(16,4)5)14-10-12-8-7-9-13(20-6)15(12)21-14/h7-11,16,19H,1-6H3. The summed E-state index contributed by atoms with van der Waals surface area (Å²) in [5.74, 6) is 1.76. The molecule has 1 fully saturated rings. The van der Waals surface area contributed by atoms with Crippen LogP contribution in [0.5, 0.6) is 5.75 Å². The molecular weight excluding hydrogens is 262 g/mol. The number of ether oxygens (including phenoxy) is 1. The van der Waals surface area contributed by atoms with E-state index in [0.717, 1.165) is 22.5 Å². The van der Waals surface area contributed by atoms with E-state index in [4.69, 9.17) is 9.15 Å². The maximum absolute atomic E-state index is 6.03. The summed E-state index contributed by atoms with van der Waals surface area (Å²) < 4.78 is 11.4. The van der Waals surface area contributed by atoms with Gasteiger partial charge in [-0.15, -0.1) is 0 Å². The van der Waals surface area contributed by atoms with Crippen LogP contribution < -0.4 is 10.1 Å². The number of nitrogens with one attached hydrogen (secondary N) is 1. The average Bonchev–Trinajstić information content (AvgIpc) is 2.81. The van der Waals surface area contributed by atoms with Gasteiger partial charge in [-0.3, -0.25) is 0 Å². The van der Waals surface area contributed by atoms with Crippen molar-refractivity contribution in [3.05, 3.63) is 30.0 Å². The van der Waals surface area contributed by atoms with Gasteiger partial charge in [-0.2, -0.15) is 0 Å². The highest BCUT2D eigenvalue weighted by Gasteiger charge is 2.64. The van der Waals surface area contributed by atoms with Crippen molar-refractivity contribution in [2.24, 2.45) is 10.8 Å². The Balaban J connectivity index is 1.85. The Bertz CT molecular complexity index is 655. The second-order valence-corrected chi connectivity index (χ2v) is 7.29. The number of methoxy groups -OCH3 is 1. The van der Waals surface area contributed by atoms with Crippen molar-refractivity contribution in [3.63, 3.8) is 0 Å². The van der Waals surface area contributed by atoms with Gasteiger partial charge >= 0.3 is 0 Å². The molecule has 1 saturated carbocycles. The number of hydrogen-bond donors (Lipinski definition) is 1. The van der Waals surface area contributed by atoms with Crippen molar-refractivity contribution in [2.45, 2.75) is 46.7 Å². The number of benzene rings is 1. The molecule has 1 aliphatic carbocycles. The molecule has 1 aliphatic rings. The minimum absolute atomic E-state index is 0.188. The van der Waals surface area contributed by atoms with Crippen LogP contribution in [0.3, 0.4) is 0 Å². The van der Waals surface area contributed by atoms with Crippen molar-refractivity contribution >= 4 is 11.0 Å². The largest absolute Gasteiger partial charge is 0.493 e. The molecule has 0 aliphatic heterocycles. The highest BCUT2D eigenvalue weighted by molar-refractivity contribution is 5.83. The summed E-state index contributed by atoms with van der Waals surface area (Å²) in [6, 6.07) is 8.79. The molecule has 114 valence electrons. The van der Waals surface area contributed by atoms with Gasteiger partial charge in [0.15, 0.2) is 11.3 Å². The van der Waals surface area contributed by atoms with Crippen molar-refractivity contribution < 1.29 is 9.15 Å². The van der Waals surface area contributed by atoms with Crippen LogP contribution in [0.4, 0.5) is 0 Å². The maximum atomic E-state index is 6.03. The monoisotopic (exact) mass is 287 g/mol. The Hall–Kier alpha value is -1.48. The first-order chi connectivity index (χ1) is 9.79. The summed E-state index contributed by atoms with van der Waals surface area (Å²) in [6.07, 6.45) is 0. The third-order valence-corrected chi connectivity index (χ3v) is 5.61. The van der Waals surface area contributed by atoms with E-state index < -0.39 is 0 Å². The zero-order chi connectivity index (χ0) is 15.4. The van der Waals surface area contributed by atoms with Gasteiger partial charge in [-0.1, -0.05) is 39.8 Å². The number of hydrogen-bond acceptors (Lipinski definition) is 3. The lowest BCUT2D eigenvalue weighted by atomic mass is 10.0. The molecule has 3 rings (SSSR count). The fourth-order valence-corrected chi connectivity index (χ4v) is 3.38. The minimum atomic E-state index is 0.188. The molecule has 1 aromatic carbocycles. The zero-order valence-corrected chi connectivity index (χ0v) is 13.8. The smallest absolute Gasteiger partial charge is 0.176 e. The Labute approximate surface area is 126 Å². The van der Waals surface area contributed by atoms with Crippen LogP contribution >= 0.6 is 0 Å². The summed E-state index contributed by atoms with van der Waals surface area (Å²) in [4.78, 5) is 0. The van der Waals surface area contributed by atoms with E-state index in [-0.39, 0.29) is 6.04 Å². The van der Waals surface area contributed by atoms with Crippen molar-refractivity contribution in [1.82, 2.24) is 5.32 Å². The quantitative estimate of drug-likeness (QED) is 0.897. The van der Waals surface area contributed by atoms with Crippen LogP contribution in [0.15, 0.2) is 28.7 Å². The molecule has 1 atom stereocenters. The lowest BCUT2D eigenvalue weighted by molar-refractivity contribution is 0.393. The molecule has 0 spiro atoms. The van der Waals surface area contributed by atoms with E-state index in [1.165, 1.54) is 0 Å². The maximum Gasteiger partial charge on any atom is 0.176 e. The van der Waals surface area contributed by atoms with E-state index in [9.17, 15) is 0 Å². The highest BCUT2D eigenvalue weighted by Crippen LogP contribution is 2.63. The third kappa shape index (κ3) is 2.06. The predicted molar refractivity (Wildman–Crippen MR) is 85.7 cm³/mol. The molecule has 3 heteroatoms. The first kappa shape index (κ1) is 14.5. The minimum Gasteiger partial charge on any atom is -0.493 e. The summed E-state index contributed by atoms with van der Waals surface area (Å²) in [7, 11) is 1.67. The average molecular weight is 287 g/mol. The molecule has 0 radical (unpaired) electrons. The van der Waals surface area contributed by atoms with Gasteiger partial charge in [0.2, 0.25) is 0 Å². The second kappa shape index (κ2) is 4.51. The van der Waals surface area contributed by atoms with E-state index in [1.54, 1.807) is 7.11 Å². The summed E-state index contributed by atoms with van der Waals surface area (Å²) >= 11 is 0. The Morgan fingerprint density at radius 1 is 1.19 bits per heavy atom. The Morgan fingerprint density at radius 3 is 2.43 bits per heavy atom. The topological polar surface area (TPSA) is 34.4 Å². The summed E-state index contributed by atoms with van der Waals surface area (Å²) in [5, 5.41) is 4.80.